The Labute approximate surface area is 125 Å². The minimum atomic E-state index is -0.363. The second-order valence-electron chi connectivity index (χ2n) is 6.08. The molecule has 0 fully saturated rings. The zero-order valence-electron chi connectivity index (χ0n) is 12.7. The number of benzene rings is 2. The molecule has 2 aromatic carbocycles. The summed E-state index contributed by atoms with van der Waals surface area (Å²) in [6.45, 7) is 4.25. The first-order valence-corrected chi connectivity index (χ1v) is 7.33. The average molecular weight is 280 g/mol. The van der Waals surface area contributed by atoms with E-state index in [0.29, 0.717) is 0 Å². The van der Waals surface area contributed by atoms with Gasteiger partial charge in [-0.05, 0) is 35.6 Å². The van der Waals surface area contributed by atoms with E-state index in [1.54, 1.807) is 7.11 Å². The van der Waals surface area contributed by atoms with Crippen LogP contribution in [0.3, 0.4) is 0 Å². The number of fused-ring (bicyclic) bond motifs is 1. The number of methoxy groups -OCH3 is 1. The molecule has 0 heterocycles. The highest BCUT2D eigenvalue weighted by atomic mass is 16.5. The molecule has 0 radical (unpaired) electrons. The summed E-state index contributed by atoms with van der Waals surface area (Å²) in [6.07, 6.45) is 0.756. The summed E-state index contributed by atoms with van der Waals surface area (Å²) in [5.41, 5.74) is 2.88. The molecule has 0 aromatic heterocycles. The fourth-order valence-corrected chi connectivity index (χ4v) is 3.33. The third-order valence-electron chi connectivity index (χ3n) is 4.88. The van der Waals surface area contributed by atoms with E-state index >= 15 is 0 Å². The van der Waals surface area contributed by atoms with Crippen LogP contribution in [0.4, 0.5) is 0 Å². The zero-order chi connectivity index (χ0) is 15.0. The number of ketones is 1. The quantitative estimate of drug-likeness (QED) is 0.840. The number of ether oxygens (including phenoxy) is 1. The van der Waals surface area contributed by atoms with Crippen LogP contribution in [0, 0.1) is 5.41 Å². The zero-order valence-corrected chi connectivity index (χ0v) is 12.7. The average Bonchev–Trinajstić information content (AvgIpc) is 2.71. The van der Waals surface area contributed by atoms with Gasteiger partial charge in [0.05, 0.1) is 7.11 Å². The van der Waals surface area contributed by atoms with Crippen LogP contribution in [0.2, 0.25) is 0 Å². The van der Waals surface area contributed by atoms with E-state index in [2.05, 4.69) is 19.9 Å². The Bertz CT molecular complexity index is 672. The summed E-state index contributed by atoms with van der Waals surface area (Å²) < 4.78 is 5.19. The number of rotatable bonds is 3. The van der Waals surface area contributed by atoms with E-state index in [4.69, 9.17) is 4.74 Å². The van der Waals surface area contributed by atoms with Crippen molar-refractivity contribution in [2.24, 2.45) is 5.41 Å². The van der Waals surface area contributed by atoms with Crippen molar-refractivity contribution in [3.8, 4) is 5.75 Å². The standard InChI is InChI=1S/C19H20O2/c1-13-16-6-4-5-7-17(16)18(20)19(13,2)12-14-8-10-15(21-3)11-9-14/h4-11,13H,12H2,1-3H3. The lowest BCUT2D eigenvalue weighted by atomic mass is 9.73. The molecule has 2 unspecified atom stereocenters. The molecule has 0 saturated carbocycles. The summed E-state index contributed by atoms with van der Waals surface area (Å²) in [4.78, 5) is 12.8. The van der Waals surface area contributed by atoms with E-state index in [1.165, 1.54) is 11.1 Å². The molecule has 3 rings (SSSR count). The van der Waals surface area contributed by atoms with Crippen LogP contribution < -0.4 is 4.74 Å². The lowest BCUT2D eigenvalue weighted by Gasteiger charge is -2.28. The van der Waals surface area contributed by atoms with Crippen molar-refractivity contribution in [1.29, 1.82) is 0 Å². The van der Waals surface area contributed by atoms with Crippen molar-refractivity contribution in [3.63, 3.8) is 0 Å². The van der Waals surface area contributed by atoms with E-state index in [-0.39, 0.29) is 17.1 Å². The summed E-state index contributed by atoms with van der Waals surface area (Å²) in [5, 5.41) is 0. The van der Waals surface area contributed by atoms with Crippen molar-refractivity contribution in [2.75, 3.05) is 7.11 Å². The monoisotopic (exact) mass is 280 g/mol. The van der Waals surface area contributed by atoms with Crippen LogP contribution in [-0.2, 0) is 6.42 Å². The van der Waals surface area contributed by atoms with Gasteiger partial charge in [-0.2, -0.15) is 0 Å². The highest BCUT2D eigenvalue weighted by Gasteiger charge is 2.46. The lowest BCUT2D eigenvalue weighted by Crippen LogP contribution is -2.29. The summed E-state index contributed by atoms with van der Waals surface area (Å²) in [5.74, 6) is 1.35. The molecule has 1 aliphatic carbocycles. The highest BCUT2D eigenvalue weighted by molar-refractivity contribution is 6.05. The first kappa shape index (κ1) is 13.9. The van der Waals surface area contributed by atoms with Gasteiger partial charge >= 0.3 is 0 Å². The van der Waals surface area contributed by atoms with Gasteiger partial charge in [0.15, 0.2) is 5.78 Å². The van der Waals surface area contributed by atoms with Crippen LogP contribution in [0.15, 0.2) is 48.5 Å². The molecule has 2 atom stereocenters. The Balaban J connectivity index is 1.93. The molecular weight excluding hydrogens is 260 g/mol. The maximum atomic E-state index is 12.8. The Morgan fingerprint density at radius 2 is 1.76 bits per heavy atom. The first-order valence-electron chi connectivity index (χ1n) is 7.33. The van der Waals surface area contributed by atoms with Gasteiger partial charge in [0.2, 0.25) is 0 Å². The van der Waals surface area contributed by atoms with Crippen molar-refractivity contribution in [1.82, 2.24) is 0 Å². The topological polar surface area (TPSA) is 26.3 Å². The fraction of sp³-hybridized carbons (Fsp3) is 0.316. The first-order chi connectivity index (χ1) is 10.1. The van der Waals surface area contributed by atoms with Gasteiger partial charge in [-0.3, -0.25) is 4.79 Å². The van der Waals surface area contributed by atoms with Crippen LogP contribution in [0.1, 0.15) is 41.3 Å². The van der Waals surface area contributed by atoms with Crippen LogP contribution in [0.25, 0.3) is 0 Å². The van der Waals surface area contributed by atoms with Crippen molar-refractivity contribution in [3.05, 3.63) is 65.2 Å². The number of Topliss-reactive ketones (excluding diaryl/α,β-unsaturated/α-hetero) is 1. The van der Waals surface area contributed by atoms with Gasteiger partial charge in [-0.25, -0.2) is 0 Å². The van der Waals surface area contributed by atoms with Gasteiger partial charge in [0.1, 0.15) is 5.75 Å². The maximum absolute atomic E-state index is 12.8. The fourth-order valence-electron chi connectivity index (χ4n) is 3.33. The maximum Gasteiger partial charge on any atom is 0.169 e. The van der Waals surface area contributed by atoms with E-state index in [1.807, 2.05) is 42.5 Å². The third-order valence-corrected chi connectivity index (χ3v) is 4.88. The molecule has 1 aliphatic rings. The molecule has 0 saturated heterocycles. The predicted molar refractivity (Wildman–Crippen MR) is 84.0 cm³/mol. The minimum Gasteiger partial charge on any atom is -0.497 e. The summed E-state index contributed by atoms with van der Waals surface area (Å²) in [6, 6.07) is 16.0. The molecule has 2 heteroatoms. The van der Waals surface area contributed by atoms with E-state index in [0.717, 1.165) is 17.7 Å². The number of hydrogen-bond acceptors (Lipinski definition) is 2. The Hall–Kier alpha value is -2.09. The van der Waals surface area contributed by atoms with Crippen molar-refractivity contribution in [2.45, 2.75) is 26.2 Å². The third kappa shape index (κ3) is 2.15. The van der Waals surface area contributed by atoms with Crippen LogP contribution in [-0.4, -0.2) is 12.9 Å². The molecular formula is C19H20O2. The van der Waals surface area contributed by atoms with Crippen LogP contribution >= 0.6 is 0 Å². The SMILES string of the molecule is COc1ccc(CC2(C)C(=O)c3ccccc3C2C)cc1. The molecule has 2 nitrogen and oxygen atoms in total. The normalized spacial score (nSPS) is 24.0. The smallest absolute Gasteiger partial charge is 0.169 e. The molecule has 0 bridgehead atoms. The summed E-state index contributed by atoms with van der Waals surface area (Å²) in [7, 11) is 1.66. The van der Waals surface area contributed by atoms with E-state index in [9.17, 15) is 4.79 Å². The second-order valence-corrected chi connectivity index (χ2v) is 6.08. The number of carbonyl (C=O) groups is 1. The largest absolute Gasteiger partial charge is 0.497 e. The molecule has 21 heavy (non-hydrogen) atoms. The van der Waals surface area contributed by atoms with Crippen LogP contribution in [0.5, 0.6) is 5.75 Å². The Kier molecular flexibility index (Phi) is 3.32. The van der Waals surface area contributed by atoms with Gasteiger partial charge in [-0.1, -0.05) is 50.2 Å². The van der Waals surface area contributed by atoms with Gasteiger partial charge < -0.3 is 4.74 Å². The highest BCUT2D eigenvalue weighted by Crippen LogP contribution is 2.48. The second kappa shape index (κ2) is 5.03. The van der Waals surface area contributed by atoms with Gasteiger partial charge in [0.25, 0.3) is 0 Å². The molecule has 0 aliphatic heterocycles. The number of hydrogen-bond donors (Lipinski definition) is 0. The molecule has 0 amide bonds. The number of carbonyl (C=O) groups excluding carboxylic acids is 1. The van der Waals surface area contributed by atoms with Crippen molar-refractivity contribution >= 4 is 5.78 Å². The summed E-state index contributed by atoms with van der Waals surface area (Å²) >= 11 is 0. The molecule has 2 aromatic rings. The van der Waals surface area contributed by atoms with Gasteiger partial charge in [-0.15, -0.1) is 0 Å². The Morgan fingerprint density at radius 3 is 2.38 bits per heavy atom. The molecule has 108 valence electrons. The van der Waals surface area contributed by atoms with E-state index < -0.39 is 0 Å². The molecule has 0 N–H and O–H groups in total. The minimum absolute atomic E-state index is 0.239. The van der Waals surface area contributed by atoms with Crippen molar-refractivity contribution < 1.29 is 9.53 Å². The van der Waals surface area contributed by atoms with Gasteiger partial charge in [0, 0.05) is 11.0 Å². The molecule has 0 spiro atoms. The lowest BCUT2D eigenvalue weighted by molar-refractivity contribution is 0.0815. The predicted octanol–water partition coefficient (Wildman–Crippen LogP) is 4.24. The Morgan fingerprint density at radius 1 is 1.10 bits per heavy atom.